The molecule has 4 heteroatoms. The molecular formula is C20H31ClO3. The Bertz CT molecular complexity index is 585. The van der Waals surface area contributed by atoms with Crippen LogP contribution in [0.4, 0.5) is 0 Å². The van der Waals surface area contributed by atoms with Gasteiger partial charge in [0.2, 0.25) is 0 Å². The highest BCUT2D eigenvalue weighted by Gasteiger charge is 2.60. The highest BCUT2D eigenvalue weighted by Crippen LogP contribution is 2.66. The van der Waals surface area contributed by atoms with Crippen LogP contribution in [0.5, 0.6) is 0 Å². The SMILES string of the molecule is CC1=C(O)C(=O)CC2C1(C)CCC1CC(C)(C(Cl)CO)CCC12C. The lowest BCUT2D eigenvalue weighted by atomic mass is 9.42. The van der Waals surface area contributed by atoms with Gasteiger partial charge in [0, 0.05) is 6.42 Å². The van der Waals surface area contributed by atoms with Crippen molar-refractivity contribution in [1.82, 2.24) is 0 Å². The molecule has 3 rings (SSSR count). The van der Waals surface area contributed by atoms with Gasteiger partial charge in [0.1, 0.15) is 0 Å². The van der Waals surface area contributed by atoms with Gasteiger partial charge in [0.25, 0.3) is 0 Å². The number of Topliss-reactive ketones (excluding diaryl/α,β-unsaturated/α-hetero) is 1. The van der Waals surface area contributed by atoms with E-state index >= 15 is 0 Å². The lowest BCUT2D eigenvalue weighted by Crippen LogP contribution is -2.56. The van der Waals surface area contributed by atoms with E-state index in [-0.39, 0.29) is 39.8 Å². The summed E-state index contributed by atoms with van der Waals surface area (Å²) in [6.45, 7) is 8.76. The number of allylic oxidation sites excluding steroid dienone is 2. The van der Waals surface area contributed by atoms with Crippen molar-refractivity contribution in [2.24, 2.45) is 28.1 Å². The molecule has 2 fully saturated rings. The van der Waals surface area contributed by atoms with Crippen LogP contribution in [-0.4, -0.2) is 28.0 Å². The predicted octanol–water partition coefficient (Wildman–Crippen LogP) is 4.62. The van der Waals surface area contributed by atoms with E-state index in [4.69, 9.17) is 11.6 Å². The van der Waals surface area contributed by atoms with E-state index in [0.29, 0.717) is 18.3 Å². The second-order valence-electron chi connectivity index (χ2n) is 9.32. The summed E-state index contributed by atoms with van der Waals surface area (Å²) in [6.07, 6.45) is 5.64. The Labute approximate surface area is 150 Å². The number of alkyl halides is 1. The number of aliphatic hydroxyl groups is 2. The number of hydrogen-bond acceptors (Lipinski definition) is 3. The van der Waals surface area contributed by atoms with E-state index < -0.39 is 0 Å². The van der Waals surface area contributed by atoms with Crippen LogP contribution in [0.25, 0.3) is 0 Å². The summed E-state index contributed by atoms with van der Waals surface area (Å²) >= 11 is 6.45. The van der Waals surface area contributed by atoms with Crippen LogP contribution < -0.4 is 0 Å². The first-order valence-electron chi connectivity index (χ1n) is 9.27. The predicted molar refractivity (Wildman–Crippen MR) is 96.1 cm³/mol. The Hall–Kier alpha value is -0.540. The maximum absolute atomic E-state index is 12.3. The summed E-state index contributed by atoms with van der Waals surface area (Å²) < 4.78 is 0. The van der Waals surface area contributed by atoms with Gasteiger partial charge in [0.15, 0.2) is 11.5 Å². The van der Waals surface area contributed by atoms with E-state index in [0.717, 1.165) is 37.7 Å². The van der Waals surface area contributed by atoms with Crippen molar-refractivity contribution in [2.45, 2.75) is 71.6 Å². The number of hydrogen-bond donors (Lipinski definition) is 2. The maximum atomic E-state index is 12.3. The normalized spacial score (nSPS) is 47.2. The molecule has 0 radical (unpaired) electrons. The van der Waals surface area contributed by atoms with E-state index in [2.05, 4.69) is 20.8 Å². The number of carbonyl (C=O) groups excluding carboxylic acids is 1. The highest BCUT2D eigenvalue weighted by molar-refractivity contribution is 6.21. The number of aliphatic hydroxyl groups excluding tert-OH is 2. The largest absolute Gasteiger partial charge is 0.504 e. The molecule has 0 aliphatic heterocycles. The number of carbonyl (C=O) groups is 1. The zero-order valence-electron chi connectivity index (χ0n) is 15.4. The zero-order chi connectivity index (χ0) is 17.9. The van der Waals surface area contributed by atoms with Crippen LogP contribution in [0.2, 0.25) is 0 Å². The summed E-state index contributed by atoms with van der Waals surface area (Å²) in [7, 11) is 0. The summed E-state index contributed by atoms with van der Waals surface area (Å²) in [5, 5.41) is 19.5. The number of ketones is 1. The molecule has 0 aromatic heterocycles. The van der Waals surface area contributed by atoms with Gasteiger partial charge in [-0.05, 0) is 72.7 Å². The van der Waals surface area contributed by atoms with Crippen molar-refractivity contribution < 1.29 is 15.0 Å². The number of halogens is 1. The van der Waals surface area contributed by atoms with Crippen molar-refractivity contribution in [3.8, 4) is 0 Å². The summed E-state index contributed by atoms with van der Waals surface area (Å²) in [6, 6.07) is 0. The number of fused-ring (bicyclic) bond motifs is 3. The molecule has 0 heterocycles. The Morgan fingerprint density at radius 3 is 2.54 bits per heavy atom. The quantitative estimate of drug-likeness (QED) is 0.711. The molecule has 0 bridgehead atoms. The van der Waals surface area contributed by atoms with E-state index in [1.807, 2.05) is 6.92 Å². The van der Waals surface area contributed by atoms with Crippen molar-refractivity contribution in [3.63, 3.8) is 0 Å². The Morgan fingerprint density at radius 1 is 1.25 bits per heavy atom. The molecule has 0 aromatic carbocycles. The van der Waals surface area contributed by atoms with Gasteiger partial charge in [-0.15, -0.1) is 11.6 Å². The number of rotatable bonds is 2. The standard InChI is InChI=1S/C20H31ClO3/c1-12-17(24)14(23)9-15-19(12,3)6-5-13-10-18(2,16(21)11-22)7-8-20(13,15)4/h13,15-16,22,24H,5-11H2,1-4H3. The van der Waals surface area contributed by atoms with Gasteiger partial charge < -0.3 is 10.2 Å². The smallest absolute Gasteiger partial charge is 0.197 e. The van der Waals surface area contributed by atoms with Crippen LogP contribution in [-0.2, 0) is 4.79 Å². The molecule has 6 atom stereocenters. The summed E-state index contributed by atoms with van der Waals surface area (Å²) in [5.41, 5.74) is 0.895. The molecule has 2 N–H and O–H groups in total. The monoisotopic (exact) mass is 354 g/mol. The van der Waals surface area contributed by atoms with Gasteiger partial charge >= 0.3 is 0 Å². The third-order valence-corrected chi connectivity index (χ3v) is 8.90. The molecular weight excluding hydrogens is 324 g/mol. The topological polar surface area (TPSA) is 57.5 Å². The lowest BCUT2D eigenvalue weighted by Gasteiger charge is -2.62. The van der Waals surface area contributed by atoms with E-state index in [1.54, 1.807) is 0 Å². The third kappa shape index (κ3) is 2.38. The van der Waals surface area contributed by atoms with E-state index in [9.17, 15) is 15.0 Å². The summed E-state index contributed by atoms with van der Waals surface area (Å²) in [5.74, 6) is 0.746. The molecule has 3 aliphatic carbocycles. The molecule has 24 heavy (non-hydrogen) atoms. The average Bonchev–Trinajstić information content (AvgIpc) is 2.56. The fourth-order valence-electron chi connectivity index (χ4n) is 6.10. The van der Waals surface area contributed by atoms with Crippen molar-refractivity contribution in [3.05, 3.63) is 11.3 Å². The summed E-state index contributed by atoms with van der Waals surface area (Å²) in [4.78, 5) is 12.3. The van der Waals surface area contributed by atoms with Gasteiger partial charge in [-0.2, -0.15) is 0 Å². The van der Waals surface area contributed by atoms with Gasteiger partial charge in [-0.25, -0.2) is 0 Å². The van der Waals surface area contributed by atoms with Crippen LogP contribution in [0, 0.1) is 28.1 Å². The average molecular weight is 355 g/mol. The van der Waals surface area contributed by atoms with Crippen LogP contribution in [0.1, 0.15) is 66.2 Å². The first-order valence-corrected chi connectivity index (χ1v) is 9.70. The molecule has 0 amide bonds. The minimum atomic E-state index is -0.200. The fraction of sp³-hybridized carbons (Fsp3) is 0.850. The molecule has 2 saturated carbocycles. The molecule has 3 nitrogen and oxygen atoms in total. The molecule has 0 aromatic rings. The highest BCUT2D eigenvalue weighted by atomic mass is 35.5. The Balaban J connectivity index is 1.95. The Morgan fingerprint density at radius 2 is 1.92 bits per heavy atom. The van der Waals surface area contributed by atoms with E-state index in [1.165, 1.54) is 0 Å². The maximum Gasteiger partial charge on any atom is 0.197 e. The van der Waals surface area contributed by atoms with Crippen LogP contribution in [0.3, 0.4) is 0 Å². The van der Waals surface area contributed by atoms with Gasteiger partial charge in [-0.1, -0.05) is 20.8 Å². The molecule has 0 saturated heterocycles. The molecule has 136 valence electrons. The van der Waals surface area contributed by atoms with Gasteiger partial charge in [-0.3, -0.25) is 4.79 Å². The van der Waals surface area contributed by atoms with Crippen molar-refractivity contribution in [1.29, 1.82) is 0 Å². The second kappa shape index (κ2) is 5.74. The van der Waals surface area contributed by atoms with Crippen LogP contribution in [0.15, 0.2) is 11.3 Å². The van der Waals surface area contributed by atoms with Crippen molar-refractivity contribution >= 4 is 17.4 Å². The van der Waals surface area contributed by atoms with Crippen molar-refractivity contribution in [2.75, 3.05) is 6.61 Å². The minimum absolute atomic E-state index is 0.0116. The van der Waals surface area contributed by atoms with Crippen LogP contribution >= 0.6 is 11.6 Å². The second-order valence-corrected chi connectivity index (χ2v) is 9.85. The Kier molecular flexibility index (Phi) is 4.36. The van der Waals surface area contributed by atoms with Gasteiger partial charge in [0.05, 0.1) is 12.0 Å². The first kappa shape index (κ1) is 18.3. The fourth-order valence-corrected chi connectivity index (χ4v) is 6.30. The molecule has 0 spiro atoms. The minimum Gasteiger partial charge on any atom is -0.504 e. The third-order valence-electron chi connectivity index (χ3n) is 8.24. The lowest BCUT2D eigenvalue weighted by molar-refractivity contribution is -0.136. The zero-order valence-corrected chi connectivity index (χ0v) is 16.1. The molecule has 3 aliphatic rings. The molecule has 6 unspecified atom stereocenters. The first-order chi connectivity index (χ1) is 11.1.